The van der Waals surface area contributed by atoms with Crippen LogP contribution in [0.3, 0.4) is 0 Å². The van der Waals surface area contributed by atoms with Crippen molar-refractivity contribution in [3.63, 3.8) is 0 Å². The third-order valence-corrected chi connectivity index (χ3v) is 2.65. The Morgan fingerprint density at radius 2 is 2.05 bits per heavy atom. The van der Waals surface area contributed by atoms with E-state index in [0.29, 0.717) is 5.56 Å². The lowest BCUT2D eigenvalue weighted by Gasteiger charge is -2.15. The van der Waals surface area contributed by atoms with E-state index in [1.54, 1.807) is 36.5 Å². The number of benzene rings is 1. The van der Waals surface area contributed by atoms with Crippen LogP contribution in [0.2, 0.25) is 0 Å². The maximum absolute atomic E-state index is 11.7. The number of amides is 2. The maximum Gasteiger partial charge on any atom is 0.330 e. The highest BCUT2D eigenvalue weighted by atomic mass is 16.4. The number of carbonyl (C=O) groups is 2. The third kappa shape index (κ3) is 3.58. The van der Waals surface area contributed by atoms with Crippen LogP contribution < -0.4 is 10.6 Å². The Bertz CT molecular complexity index is 569. The molecule has 0 aliphatic rings. The molecule has 0 saturated heterocycles. The van der Waals surface area contributed by atoms with Crippen LogP contribution in [0, 0.1) is 0 Å². The molecule has 2 aromatic rings. The van der Waals surface area contributed by atoms with Crippen molar-refractivity contribution in [3.8, 4) is 0 Å². The molecule has 4 N–H and O–H groups in total. The molecule has 1 atom stereocenters. The number of aromatic nitrogens is 2. The van der Waals surface area contributed by atoms with Gasteiger partial charge in [0.2, 0.25) is 0 Å². The summed E-state index contributed by atoms with van der Waals surface area (Å²) in [4.78, 5) is 29.6. The number of urea groups is 1. The standard InChI is InChI=1S/C13H14N4O3/c18-12(19)11(9-4-2-1-3-5-9)17-13(20)15-7-10-6-14-8-16-10/h1-6,8,11H,7H2,(H,14,16)(H,18,19)(H2,15,17,20)/t11-/m1/s1. The van der Waals surface area contributed by atoms with Gasteiger partial charge in [-0.2, -0.15) is 0 Å². The van der Waals surface area contributed by atoms with Gasteiger partial charge in [-0.15, -0.1) is 0 Å². The predicted octanol–water partition coefficient (Wildman–Crippen LogP) is 1.03. The van der Waals surface area contributed by atoms with E-state index in [4.69, 9.17) is 5.11 Å². The molecule has 0 unspecified atom stereocenters. The monoisotopic (exact) mass is 274 g/mol. The fourth-order valence-corrected chi connectivity index (χ4v) is 1.67. The summed E-state index contributed by atoms with van der Waals surface area (Å²) < 4.78 is 0. The smallest absolute Gasteiger partial charge is 0.330 e. The molecule has 0 spiro atoms. The Balaban J connectivity index is 1.95. The summed E-state index contributed by atoms with van der Waals surface area (Å²) in [5.41, 5.74) is 1.24. The second-order valence-corrected chi connectivity index (χ2v) is 4.09. The quantitative estimate of drug-likeness (QED) is 0.653. The third-order valence-electron chi connectivity index (χ3n) is 2.65. The van der Waals surface area contributed by atoms with Crippen molar-refractivity contribution in [2.75, 3.05) is 0 Å². The number of carbonyl (C=O) groups excluding carboxylic acids is 1. The summed E-state index contributed by atoms with van der Waals surface area (Å²) in [7, 11) is 0. The van der Waals surface area contributed by atoms with E-state index in [2.05, 4.69) is 20.6 Å². The van der Waals surface area contributed by atoms with Crippen molar-refractivity contribution in [3.05, 3.63) is 54.1 Å². The lowest BCUT2D eigenvalue weighted by Crippen LogP contribution is -2.40. The number of aliphatic carboxylic acids is 1. The summed E-state index contributed by atoms with van der Waals surface area (Å²) >= 11 is 0. The number of nitrogens with zero attached hydrogens (tertiary/aromatic N) is 1. The molecule has 0 fully saturated rings. The van der Waals surface area contributed by atoms with Crippen molar-refractivity contribution in [2.24, 2.45) is 0 Å². The molecule has 1 heterocycles. The first-order valence-corrected chi connectivity index (χ1v) is 5.96. The zero-order valence-corrected chi connectivity index (χ0v) is 10.5. The number of rotatable bonds is 5. The molecule has 20 heavy (non-hydrogen) atoms. The minimum absolute atomic E-state index is 0.243. The summed E-state index contributed by atoms with van der Waals surface area (Å²) in [5, 5.41) is 14.1. The van der Waals surface area contributed by atoms with E-state index in [1.807, 2.05) is 0 Å². The van der Waals surface area contributed by atoms with Crippen molar-refractivity contribution < 1.29 is 14.7 Å². The van der Waals surface area contributed by atoms with E-state index in [1.165, 1.54) is 6.33 Å². The van der Waals surface area contributed by atoms with Crippen LogP contribution in [0.25, 0.3) is 0 Å². The number of hydrogen-bond acceptors (Lipinski definition) is 3. The molecule has 7 heteroatoms. The Morgan fingerprint density at radius 1 is 1.30 bits per heavy atom. The average Bonchev–Trinajstić information content (AvgIpc) is 2.96. The number of hydrogen-bond donors (Lipinski definition) is 4. The molecule has 2 rings (SSSR count). The molecule has 1 aromatic heterocycles. The number of aromatic amines is 1. The minimum atomic E-state index is -1.12. The van der Waals surface area contributed by atoms with Crippen LogP contribution in [0.15, 0.2) is 42.9 Å². The Kier molecular flexibility index (Phi) is 4.33. The number of carboxylic acid groups (broad SMARTS) is 1. The number of H-pyrrole nitrogens is 1. The van der Waals surface area contributed by atoms with E-state index in [0.717, 1.165) is 5.69 Å². The zero-order valence-electron chi connectivity index (χ0n) is 10.5. The van der Waals surface area contributed by atoms with E-state index in [9.17, 15) is 9.59 Å². The van der Waals surface area contributed by atoms with Crippen LogP contribution in [0.1, 0.15) is 17.3 Å². The highest BCUT2D eigenvalue weighted by Crippen LogP contribution is 2.12. The van der Waals surface area contributed by atoms with Gasteiger partial charge >= 0.3 is 12.0 Å². The molecule has 0 saturated carbocycles. The van der Waals surface area contributed by atoms with Crippen molar-refractivity contribution in [1.29, 1.82) is 0 Å². The molecule has 7 nitrogen and oxygen atoms in total. The second kappa shape index (κ2) is 6.37. The maximum atomic E-state index is 11.7. The first-order valence-electron chi connectivity index (χ1n) is 5.96. The number of imidazole rings is 1. The largest absolute Gasteiger partial charge is 0.479 e. The van der Waals surface area contributed by atoms with Crippen molar-refractivity contribution >= 4 is 12.0 Å². The molecule has 0 aliphatic heterocycles. The van der Waals surface area contributed by atoms with Gasteiger partial charge in [-0.05, 0) is 5.56 Å². The normalized spacial score (nSPS) is 11.6. The Morgan fingerprint density at radius 3 is 2.65 bits per heavy atom. The summed E-state index contributed by atoms with van der Waals surface area (Å²) in [5.74, 6) is -1.12. The lowest BCUT2D eigenvalue weighted by molar-refractivity contribution is -0.139. The van der Waals surface area contributed by atoms with Gasteiger partial charge in [0.25, 0.3) is 0 Å². The molecular weight excluding hydrogens is 260 g/mol. The number of carboxylic acids is 1. The predicted molar refractivity (Wildman–Crippen MR) is 70.8 cm³/mol. The molecule has 1 aromatic carbocycles. The van der Waals surface area contributed by atoms with Gasteiger partial charge in [0, 0.05) is 6.20 Å². The van der Waals surface area contributed by atoms with E-state index >= 15 is 0 Å². The fraction of sp³-hybridized carbons (Fsp3) is 0.154. The van der Waals surface area contributed by atoms with E-state index < -0.39 is 18.0 Å². The average molecular weight is 274 g/mol. The minimum Gasteiger partial charge on any atom is -0.479 e. The highest BCUT2D eigenvalue weighted by Gasteiger charge is 2.21. The topological polar surface area (TPSA) is 107 Å². The van der Waals surface area contributed by atoms with Gasteiger partial charge in [-0.25, -0.2) is 14.6 Å². The first-order chi connectivity index (χ1) is 9.66. The summed E-state index contributed by atoms with van der Waals surface area (Å²) in [6.07, 6.45) is 3.07. The molecule has 2 amide bonds. The zero-order chi connectivity index (χ0) is 14.4. The summed E-state index contributed by atoms with van der Waals surface area (Å²) in [6.45, 7) is 0.243. The van der Waals surface area contributed by atoms with Crippen molar-refractivity contribution in [2.45, 2.75) is 12.6 Å². The fourth-order valence-electron chi connectivity index (χ4n) is 1.67. The molecule has 0 radical (unpaired) electrons. The molecule has 0 aliphatic carbocycles. The first kappa shape index (κ1) is 13.6. The number of nitrogens with one attached hydrogen (secondary N) is 3. The lowest BCUT2D eigenvalue weighted by atomic mass is 10.1. The molecule has 0 bridgehead atoms. The van der Waals surface area contributed by atoms with E-state index in [-0.39, 0.29) is 6.54 Å². The summed E-state index contributed by atoms with van der Waals surface area (Å²) in [6, 6.07) is 6.86. The van der Waals surface area contributed by atoms with Gasteiger partial charge in [0.15, 0.2) is 6.04 Å². The van der Waals surface area contributed by atoms with Gasteiger partial charge in [0.05, 0.1) is 18.6 Å². The SMILES string of the molecule is O=C(NCc1cnc[nH]1)N[C@@H](C(=O)O)c1ccccc1. The van der Waals surface area contributed by atoms with Gasteiger partial charge in [-0.1, -0.05) is 30.3 Å². The van der Waals surface area contributed by atoms with Crippen molar-refractivity contribution in [1.82, 2.24) is 20.6 Å². The second-order valence-electron chi connectivity index (χ2n) is 4.09. The van der Waals surface area contributed by atoms with Crippen LogP contribution >= 0.6 is 0 Å². The van der Waals surface area contributed by atoms with Gasteiger partial charge in [-0.3, -0.25) is 0 Å². The van der Waals surface area contributed by atoms with Crippen LogP contribution in [-0.4, -0.2) is 27.1 Å². The molecule has 104 valence electrons. The highest BCUT2D eigenvalue weighted by molar-refractivity contribution is 5.83. The Labute approximate surface area is 115 Å². The van der Waals surface area contributed by atoms with Crippen LogP contribution in [0.4, 0.5) is 4.79 Å². The Hall–Kier alpha value is -2.83. The molecular formula is C13H14N4O3. The van der Waals surface area contributed by atoms with Crippen LogP contribution in [0.5, 0.6) is 0 Å². The van der Waals surface area contributed by atoms with Gasteiger partial charge in [0.1, 0.15) is 0 Å². The van der Waals surface area contributed by atoms with Gasteiger partial charge < -0.3 is 20.7 Å². The van der Waals surface area contributed by atoms with Crippen LogP contribution in [-0.2, 0) is 11.3 Å².